The highest BCUT2D eigenvalue weighted by Crippen LogP contribution is 2.31. The van der Waals surface area contributed by atoms with Crippen LogP contribution in [0.3, 0.4) is 0 Å². The SMILES string of the molecule is COc1ccc(CN2CC3N(C(=O)c4ccc(C(F)(F)F)cc4)CCC(=O)N3C(C)C2=O)cc1. The Morgan fingerprint density at radius 3 is 2.29 bits per heavy atom. The Balaban J connectivity index is 1.58. The lowest BCUT2D eigenvalue weighted by Gasteiger charge is -2.51. The summed E-state index contributed by atoms with van der Waals surface area (Å²) in [5, 5.41) is 0. The van der Waals surface area contributed by atoms with Gasteiger partial charge in [0.1, 0.15) is 18.0 Å². The van der Waals surface area contributed by atoms with Gasteiger partial charge in [-0.25, -0.2) is 0 Å². The molecule has 2 unspecified atom stereocenters. The second kappa shape index (κ2) is 9.00. The summed E-state index contributed by atoms with van der Waals surface area (Å²) in [5.41, 5.74) is 0.105. The van der Waals surface area contributed by atoms with E-state index >= 15 is 0 Å². The minimum absolute atomic E-state index is 0.0406. The fraction of sp³-hybridized carbons (Fsp3) is 0.375. The van der Waals surface area contributed by atoms with Gasteiger partial charge in [-0.05, 0) is 48.9 Å². The Morgan fingerprint density at radius 1 is 1.06 bits per heavy atom. The smallest absolute Gasteiger partial charge is 0.416 e. The first-order valence-electron chi connectivity index (χ1n) is 10.8. The van der Waals surface area contributed by atoms with E-state index in [4.69, 9.17) is 4.74 Å². The van der Waals surface area contributed by atoms with E-state index < -0.39 is 29.9 Å². The summed E-state index contributed by atoms with van der Waals surface area (Å²) in [5.74, 6) is -0.266. The first kappa shape index (κ1) is 23.6. The molecule has 0 radical (unpaired) electrons. The third-order valence-corrected chi connectivity index (χ3v) is 6.26. The number of methoxy groups -OCH3 is 1. The number of piperazine rings is 1. The number of alkyl halides is 3. The van der Waals surface area contributed by atoms with Crippen molar-refractivity contribution in [3.63, 3.8) is 0 Å². The minimum Gasteiger partial charge on any atom is -0.497 e. The average Bonchev–Trinajstić information content (AvgIpc) is 2.82. The lowest BCUT2D eigenvalue weighted by Crippen LogP contribution is -2.70. The first-order valence-corrected chi connectivity index (χ1v) is 10.8. The molecule has 0 saturated carbocycles. The number of benzene rings is 2. The number of halogens is 3. The zero-order valence-electron chi connectivity index (χ0n) is 18.7. The number of nitrogens with zero attached hydrogens (tertiary/aromatic N) is 3. The van der Waals surface area contributed by atoms with Gasteiger partial charge in [-0.1, -0.05) is 12.1 Å². The predicted octanol–water partition coefficient (Wildman–Crippen LogP) is 3.15. The van der Waals surface area contributed by atoms with Crippen LogP contribution in [0.2, 0.25) is 0 Å². The summed E-state index contributed by atoms with van der Waals surface area (Å²) in [6.07, 6.45) is -5.17. The summed E-state index contributed by atoms with van der Waals surface area (Å²) in [6, 6.07) is 10.5. The van der Waals surface area contributed by atoms with Crippen LogP contribution in [0.5, 0.6) is 5.75 Å². The topological polar surface area (TPSA) is 70.2 Å². The molecule has 2 aliphatic rings. The average molecular weight is 475 g/mol. The highest BCUT2D eigenvalue weighted by Gasteiger charge is 2.47. The number of carbonyl (C=O) groups excluding carboxylic acids is 3. The van der Waals surface area contributed by atoms with Gasteiger partial charge in [-0.15, -0.1) is 0 Å². The van der Waals surface area contributed by atoms with Crippen molar-refractivity contribution in [2.24, 2.45) is 0 Å². The van der Waals surface area contributed by atoms with Crippen LogP contribution in [0.4, 0.5) is 13.2 Å². The van der Waals surface area contributed by atoms with Gasteiger partial charge < -0.3 is 19.4 Å². The van der Waals surface area contributed by atoms with Gasteiger partial charge in [-0.3, -0.25) is 14.4 Å². The Labute approximate surface area is 194 Å². The van der Waals surface area contributed by atoms with E-state index in [1.54, 1.807) is 31.1 Å². The molecule has 2 saturated heterocycles. The molecule has 0 spiro atoms. The van der Waals surface area contributed by atoms with Gasteiger partial charge in [0.15, 0.2) is 0 Å². The maximum atomic E-state index is 13.2. The van der Waals surface area contributed by atoms with Crippen molar-refractivity contribution in [3.8, 4) is 5.75 Å². The summed E-state index contributed by atoms with van der Waals surface area (Å²) < 4.78 is 43.9. The van der Waals surface area contributed by atoms with Crippen LogP contribution < -0.4 is 4.74 Å². The number of hydrogen-bond acceptors (Lipinski definition) is 4. The maximum absolute atomic E-state index is 13.2. The highest BCUT2D eigenvalue weighted by atomic mass is 19.4. The zero-order valence-corrected chi connectivity index (χ0v) is 18.7. The zero-order chi connectivity index (χ0) is 24.6. The molecule has 2 atom stereocenters. The number of ether oxygens (including phenoxy) is 1. The largest absolute Gasteiger partial charge is 0.497 e. The molecule has 3 amide bonds. The number of amides is 3. The molecule has 34 heavy (non-hydrogen) atoms. The summed E-state index contributed by atoms with van der Waals surface area (Å²) in [7, 11) is 1.56. The number of fused-ring (bicyclic) bond motifs is 1. The van der Waals surface area contributed by atoms with E-state index in [0.717, 1.165) is 29.8 Å². The van der Waals surface area contributed by atoms with Gasteiger partial charge in [0.25, 0.3) is 5.91 Å². The Kier molecular flexibility index (Phi) is 6.24. The van der Waals surface area contributed by atoms with Crippen molar-refractivity contribution in [1.82, 2.24) is 14.7 Å². The monoisotopic (exact) mass is 475 g/mol. The van der Waals surface area contributed by atoms with Gasteiger partial charge in [-0.2, -0.15) is 13.2 Å². The molecule has 180 valence electrons. The highest BCUT2D eigenvalue weighted by molar-refractivity contribution is 5.97. The molecular weight excluding hydrogens is 451 g/mol. The molecule has 2 aromatic rings. The number of hydrogen-bond donors (Lipinski definition) is 0. The summed E-state index contributed by atoms with van der Waals surface area (Å²) in [4.78, 5) is 43.4. The first-order chi connectivity index (χ1) is 16.1. The summed E-state index contributed by atoms with van der Waals surface area (Å²) >= 11 is 0. The molecule has 2 aromatic carbocycles. The van der Waals surface area contributed by atoms with E-state index in [1.807, 2.05) is 12.1 Å². The van der Waals surface area contributed by atoms with Crippen LogP contribution in [-0.4, -0.2) is 64.8 Å². The minimum atomic E-state index is -4.50. The van der Waals surface area contributed by atoms with Gasteiger partial charge >= 0.3 is 6.18 Å². The quantitative estimate of drug-likeness (QED) is 0.682. The van der Waals surface area contributed by atoms with Crippen LogP contribution in [0.15, 0.2) is 48.5 Å². The van der Waals surface area contributed by atoms with Crippen molar-refractivity contribution >= 4 is 17.7 Å². The molecule has 0 aliphatic carbocycles. The summed E-state index contributed by atoms with van der Waals surface area (Å²) in [6.45, 7) is 2.14. The molecule has 2 heterocycles. The van der Waals surface area contributed by atoms with Crippen LogP contribution in [0.25, 0.3) is 0 Å². The number of rotatable bonds is 4. The van der Waals surface area contributed by atoms with Gasteiger partial charge in [0.2, 0.25) is 11.8 Å². The molecule has 0 aromatic heterocycles. The second-order valence-corrected chi connectivity index (χ2v) is 8.35. The number of carbonyl (C=O) groups is 3. The molecule has 7 nitrogen and oxygen atoms in total. The van der Waals surface area contributed by atoms with E-state index in [9.17, 15) is 27.6 Å². The van der Waals surface area contributed by atoms with E-state index in [1.165, 1.54) is 9.80 Å². The van der Waals surface area contributed by atoms with Crippen molar-refractivity contribution in [1.29, 1.82) is 0 Å². The van der Waals surface area contributed by atoms with Gasteiger partial charge in [0.05, 0.1) is 19.2 Å². The predicted molar refractivity (Wildman–Crippen MR) is 116 cm³/mol. The third kappa shape index (κ3) is 4.44. The molecule has 2 fully saturated rings. The van der Waals surface area contributed by atoms with E-state index in [-0.39, 0.29) is 43.4 Å². The van der Waals surface area contributed by atoms with Crippen molar-refractivity contribution in [2.45, 2.75) is 38.3 Å². The van der Waals surface area contributed by atoms with Crippen LogP contribution in [-0.2, 0) is 22.3 Å². The van der Waals surface area contributed by atoms with E-state index in [2.05, 4.69) is 0 Å². The van der Waals surface area contributed by atoms with E-state index in [0.29, 0.717) is 5.75 Å². The Bertz CT molecular complexity index is 1090. The van der Waals surface area contributed by atoms with Crippen molar-refractivity contribution in [2.75, 3.05) is 20.2 Å². The maximum Gasteiger partial charge on any atom is 0.416 e. The third-order valence-electron chi connectivity index (χ3n) is 6.26. The Hall–Kier alpha value is -3.56. The molecule has 0 N–H and O–H groups in total. The normalized spacial score (nSPS) is 20.9. The fourth-order valence-electron chi connectivity index (χ4n) is 4.44. The second-order valence-electron chi connectivity index (χ2n) is 8.35. The van der Waals surface area contributed by atoms with Crippen LogP contribution >= 0.6 is 0 Å². The lowest BCUT2D eigenvalue weighted by atomic mass is 10.0. The fourth-order valence-corrected chi connectivity index (χ4v) is 4.44. The van der Waals surface area contributed by atoms with Crippen molar-refractivity contribution in [3.05, 3.63) is 65.2 Å². The van der Waals surface area contributed by atoms with Crippen LogP contribution in [0.1, 0.15) is 34.8 Å². The van der Waals surface area contributed by atoms with Crippen molar-refractivity contribution < 1.29 is 32.3 Å². The molecule has 4 rings (SSSR count). The molecule has 10 heteroatoms. The standard InChI is InChI=1S/C24H24F3N3O4/c1-15-22(32)28(13-16-3-9-19(34-2)10-4-16)14-20-29(12-11-21(31)30(15)20)23(33)17-5-7-18(8-6-17)24(25,26)27/h3-10,15,20H,11-14H2,1-2H3. The Morgan fingerprint density at radius 2 is 1.71 bits per heavy atom. The molecule has 2 aliphatic heterocycles. The van der Waals surface area contributed by atoms with Gasteiger partial charge in [0, 0.05) is 25.1 Å². The lowest BCUT2D eigenvalue weighted by molar-refractivity contribution is -0.166. The van der Waals surface area contributed by atoms with Crippen LogP contribution in [0, 0.1) is 0 Å². The molecule has 0 bridgehead atoms. The molecular formula is C24H24F3N3O4.